The van der Waals surface area contributed by atoms with Crippen LogP contribution in [-0.2, 0) is 9.53 Å². The summed E-state index contributed by atoms with van der Waals surface area (Å²) in [5, 5.41) is 0. The van der Waals surface area contributed by atoms with Crippen LogP contribution in [0.25, 0.3) is 0 Å². The van der Waals surface area contributed by atoms with Crippen molar-refractivity contribution in [1.29, 1.82) is 0 Å². The summed E-state index contributed by atoms with van der Waals surface area (Å²) in [5.74, 6) is -0.820. The van der Waals surface area contributed by atoms with E-state index in [9.17, 15) is 4.79 Å². The fraction of sp³-hybridized carbons (Fsp3) is 0.667. The molecule has 0 rings (SSSR count). The van der Waals surface area contributed by atoms with Crippen molar-refractivity contribution in [3.8, 4) is 0 Å². The van der Waals surface area contributed by atoms with Crippen LogP contribution in [0.5, 0.6) is 0 Å². The van der Waals surface area contributed by atoms with Crippen molar-refractivity contribution in [1.82, 2.24) is 0 Å². The summed E-state index contributed by atoms with van der Waals surface area (Å²) in [4.78, 5) is 10.9. The molecule has 0 radical (unpaired) electrons. The Morgan fingerprint density at radius 1 is 1.36 bits per heavy atom. The molecule has 0 aliphatic rings. The van der Waals surface area contributed by atoms with Crippen LogP contribution in [-0.4, -0.2) is 16.4 Å². The first-order chi connectivity index (χ1) is 6.34. The largest absolute Gasteiger partial charge is 0.463 e. The van der Waals surface area contributed by atoms with E-state index in [1.54, 1.807) is 0 Å². The average molecular weight is 260 g/mol. The highest BCUT2D eigenvalue weighted by molar-refractivity contribution is 6.75. The Kier molecular flexibility index (Phi) is 6.58. The molecule has 2 nitrogen and oxygen atoms in total. The highest BCUT2D eigenvalue weighted by atomic mass is 35.6. The third kappa shape index (κ3) is 7.48. The normalized spacial score (nSPS) is 10.9. The number of carbonyl (C=O) groups excluding carboxylic acids is 1. The van der Waals surface area contributed by atoms with E-state index in [0.717, 1.165) is 12.8 Å². The number of carbonyl (C=O) groups is 1. The van der Waals surface area contributed by atoms with Gasteiger partial charge in [-0.05, 0) is 26.7 Å². The van der Waals surface area contributed by atoms with Gasteiger partial charge in [0.05, 0.1) is 6.61 Å². The van der Waals surface area contributed by atoms with E-state index in [1.165, 1.54) is 5.57 Å². The van der Waals surface area contributed by atoms with Crippen LogP contribution in [0.2, 0.25) is 0 Å². The Hall–Kier alpha value is 0.0800. The Balaban J connectivity index is 3.56. The van der Waals surface area contributed by atoms with Gasteiger partial charge in [-0.15, -0.1) is 0 Å². The number of unbranched alkanes of at least 4 members (excludes halogenated alkanes) is 1. The first-order valence-electron chi connectivity index (χ1n) is 4.21. The van der Waals surface area contributed by atoms with E-state index in [-0.39, 0.29) is 6.61 Å². The summed E-state index contributed by atoms with van der Waals surface area (Å²) in [6.07, 6.45) is 3.65. The van der Waals surface area contributed by atoms with E-state index in [4.69, 9.17) is 39.5 Å². The Morgan fingerprint density at radius 3 is 2.36 bits per heavy atom. The smallest absolute Gasteiger partial charge is 0.358 e. The van der Waals surface area contributed by atoms with Gasteiger partial charge in [0, 0.05) is 0 Å². The van der Waals surface area contributed by atoms with Gasteiger partial charge in [0.1, 0.15) is 0 Å². The molecule has 0 amide bonds. The monoisotopic (exact) mass is 258 g/mol. The van der Waals surface area contributed by atoms with Crippen LogP contribution in [0, 0.1) is 0 Å². The first-order valence-corrected chi connectivity index (χ1v) is 5.34. The number of alkyl halides is 3. The molecular formula is C9H13Cl3O2. The second kappa shape index (κ2) is 6.54. The third-order valence-electron chi connectivity index (χ3n) is 1.37. The van der Waals surface area contributed by atoms with E-state index in [1.807, 2.05) is 13.8 Å². The Bertz CT molecular complexity index is 215. The molecule has 0 aromatic heterocycles. The highest BCUT2D eigenvalue weighted by Crippen LogP contribution is 2.27. The molecule has 0 N–H and O–H groups in total. The summed E-state index contributed by atoms with van der Waals surface area (Å²) < 4.78 is 2.76. The van der Waals surface area contributed by atoms with Crippen molar-refractivity contribution in [2.24, 2.45) is 0 Å². The van der Waals surface area contributed by atoms with Crippen LogP contribution < -0.4 is 0 Å². The zero-order valence-corrected chi connectivity index (χ0v) is 10.4. The number of ether oxygens (including phenoxy) is 1. The van der Waals surface area contributed by atoms with Gasteiger partial charge >= 0.3 is 5.97 Å². The van der Waals surface area contributed by atoms with Crippen molar-refractivity contribution in [3.05, 3.63) is 11.6 Å². The minimum Gasteiger partial charge on any atom is -0.463 e. The molecule has 0 aliphatic heterocycles. The lowest BCUT2D eigenvalue weighted by Gasteiger charge is -2.09. The molecule has 0 atom stereocenters. The molecule has 5 heteroatoms. The second-order valence-electron chi connectivity index (χ2n) is 3.06. The number of hydrogen-bond donors (Lipinski definition) is 0. The molecule has 0 saturated heterocycles. The molecule has 82 valence electrons. The molecule has 0 bridgehead atoms. The standard InChI is InChI=1S/C9H13Cl3O2/c1-7(2)5-3-4-6-14-8(13)9(10,11)12/h5H,3-4,6H2,1-2H3. The molecule has 0 aliphatic carbocycles. The van der Waals surface area contributed by atoms with Crippen LogP contribution in [0.3, 0.4) is 0 Å². The van der Waals surface area contributed by atoms with Crippen molar-refractivity contribution in [2.75, 3.05) is 6.61 Å². The van der Waals surface area contributed by atoms with Crippen LogP contribution >= 0.6 is 34.8 Å². The maximum absolute atomic E-state index is 10.9. The van der Waals surface area contributed by atoms with Crippen molar-refractivity contribution < 1.29 is 9.53 Å². The number of rotatable bonds is 4. The number of allylic oxidation sites excluding steroid dienone is 2. The van der Waals surface area contributed by atoms with Crippen LogP contribution in [0.1, 0.15) is 26.7 Å². The molecular weight excluding hydrogens is 246 g/mol. The lowest BCUT2D eigenvalue weighted by atomic mass is 10.2. The van der Waals surface area contributed by atoms with Crippen molar-refractivity contribution in [2.45, 2.75) is 30.5 Å². The fourth-order valence-electron chi connectivity index (χ4n) is 0.721. The fourth-order valence-corrected chi connectivity index (χ4v) is 0.884. The molecule has 0 heterocycles. The van der Waals surface area contributed by atoms with Crippen LogP contribution in [0.4, 0.5) is 0 Å². The highest BCUT2D eigenvalue weighted by Gasteiger charge is 2.32. The lowest BCUT2D eigenvalue weighted by molar-refractivity contribution is -0.142. The lowest BCUT2D eigenvalue weighted by Crippen LogP contribution is -2.22. The molecule has 0 aromatic carbocycles. The van der Waals surface area contributed by atoms with E-state index in [2.05, 4.69) is 6.08 Å². The topological polar surface area (TPSA) is 26.3 Å². The van der Waals surface area contributed by atoms with Gasteiger partial charge in [-0.2, -0.15) is 0 Å². The third-order valence-corrected chi connectivity index (χ3v) is 1.83. The summed E-state index contributed by atoms with van der Waals surface area (Å²) >= 11 is 15.9. The van der Waals surface area contributed by atoms with Crippen molar-refractivity contribution >= 4 is 40.8 Å². The first kappa shape index (κ1) is 14.1. The molecule has 0 aromatic rings. The van der Waals surface area contributed by atoms with E-state index in [0.29, 0.717) is 0 Å². The van der Waals surface area contributed by atoms with Crippen LogP contribution in [0.15, 0.2) is 11.6 Å². The molecule has 0 unspecified atom stereocenters. The van der Waals surface area contributed by atoms with E-state index >= 15 is 0 Å². The maximum Gasteiger partial charge on any atom is 0.358 e. The van der Waals surface area contributed by atoms with Crippen molar-refractivity contribution in [3.63, 3.8) is 0 Å². The molecule has 0 fully saturated rings. The van der Waals surface area contributed by atoms with Gasteiger partial charge in [-0.25, -0.2) is 4.79 Å². The summed E-state index contributed by atoms with van der Waals surface area (Å²) in [5.41, 5.74) is 1.23. The molecule has 14 heavy (non-hydrogen) atoms. The van der Waals surface area contributed by atoms with Gasteiger partial charge in [-0.1, -0.05) is 46.5 Å². The summed E-state index contributed by atoms with van der Waals surface area (Å²) in [6.45, 7) is 4.29. The number of esters is 1. The minimum atomic E-state index is -1.96. The number of hydrogen-bond acceptors (Lipinski definition) is 2. The van der Waals surface area contributed by atoms with Gasteiger partial charge in [-0.3, -0.25) is 0 Å². The van der Waals surface area contributed by atoms with Gasteiger partial charge < -0.3 is 4.74 Å². The Labute approximate surface area is 99.2 Å². The van der Waals surface area contributed by atoms with Gasteiger partial charge in [0.25, 0.3) is 3.79 Å². The zero-order valence-electron chi connectivity index (χ0n) is 8.15. The minimum absolute atomic E-state index is 0.274. The van der Waals surface area contributed by atoms with Gasteiger partial charge in [0.15, 0.2) is 0 Å². The molecule has 0 saturated carbocycles. The zero-order chi connectivity index (χ0) is 11.2. The predicted molar refractivity (Wildman–Crippen MR) is 59.9 cm³/mol. The van der Waals surface area contributed by atoms with E-state index < -0.39 is 9.76 Å². The Morgan fingerprint density at radius 2 is 1.93 bits per heavy atom. The SMILES string of the molecule is CC(C)=CCCCOC(=O)C(Cl)(Cl)Cl. The maximum atomic E-state index is 10.9. The summed E-state index contributed by atoms with van der Waals surface area (Å²) in [6, 6.07) is 0. The van der Waals surface area contributed by atoms with Gasteiger partial charge in [0.2, 0.25) is 0 Å². The summed E-state index contributed by atoms with van der Waals surface area (Å²) in [7, 11) is 0. The predicted octanol–water partition coefficient (Wildman–Crippen LogP) is 3.65. The quantitative estimate of drug-likeness (QED) is 0.333. The second-order valence-corrected chi connectivity index (χ2v) is 5.34. The number of halogens is 3. The molecule has 0 spiro atoms. The average Bonchev–Trinajstić information content (AvgIpc) is 2.01.